The molecule has 0 unspecified atom stereocenters. The number of carbonyl (C=O) groups is 2. The number of hydrogen-bond acceptors (Lipinski definition) is 2. The predicted molar refractivity (Wildman–Crippen MR) is 81.7 cm³/mol. The van der Waals surface area contributed by atoms with Gasteiger partial charge in [-0.05, 0) is 37.5 Å². The van der Waals surface area contributed by atoms with Gasteiger partial charge in [0.25, 0.3) is 5.91 Å². The molecular formula is C16H20ClNO3. The van der Waals surface area contributed by atoms with E-state index in [1.54, 1.807) is 18.2 Å². The quantitative estimate of drug-likeness (QED) is 0.893. The highest BCUT2D eigenvalue weighted by molar-refractivity contribution is 6.31. The number of carbonyl (C=O) groups excluding carboxylic acids is 1. The van der Waals surface area contributed by atoms with Crippen LogP contribution in [-0.4, -0.2) is 22.5 Å². The fourth-order valence-electron chi connectivity index (χ4n) is 3.01. The summed E-state index contributed by atoms with van der Waals surface area (Å²) in [6, 6.07) is 5.16. The minimum Gasteiger partial charge on any atom is -0.481 e. The first-order valence-corrected chi connectivity index (χ1v) is 7.60. The van der Waals surface area contributed by atoms with Crippen LogP contribution in [-0.2, 0) is 4.79 Å². The molecule has 2 rings (SSSR count). The molecule has 1 amide bonds. The number of amides is 1. The van der Waals surface area contributed by atoms with Crippen molar-refractivity contribution in [2.75, 3.05) is 0 Å². The summed E-state index contributed by atoms with van der Waals surface area (Å²) in [4.78, 5) is 23.6. The molecule has 0 atom stereocenters. The molecule has 0 saturated heterocycles. The molecule has 114 valence electrons. The Morgan fingerprint density at radius 3 is 2.57 bits per heavy atom. The third-order valence-electron chi connectivity index (χ3n) is 4.12. The summed E-state index contributed by atoms with van der Waals surface area (Å²) >= 11 is 5.95. The van der Waals surface area contributed by atoms with Gasteiger partial charge in [0.2, 0.25) is 0 Å². The summed E-state index contributed by atoms with van der Waals surface area (Å²) in [5, 5.41) is 12.6. The van der Waals surface area contributed by atoms with Crippen LogP contribution in [0.15, 0.2) is 18.2 Å². The van der Waals surface area contributed by atoms with Crippen LogP contribution in [0, 0.1) is 6.92 Å². The number of aryl methyl sites for hydroxylation is 1. The smallest absolute Gasteiger partial charge is 0.305 e. The number of benzene rings is 1. The molecule has 4 nitrogen and oxygen atoms in total. The SMILES string of the molecule is Cc1ccc(Cl)cc1C(=O)NC1(CC(=O)O)CCCCC1. The van der Waals surface area contributed by atoms with E-state index < -0.39 is 11.5 Å². The summed E-state index contributed by atoms with van der Waals surface area (Å²) in [5.41, 5.74) is 0.714. The third-order valence-corrected chi connectivity index (χ3v) is 4.36. The number of halogens is 1. The monoisotopic (exact) mass is 309 g/mol. The Morgan fingerprint density at radius 1 is 1.29 bits per heavy atom. The molecular weight excluding hydrogens is 290 g/mol. The van der Waals surface area contributed by atoms with Crippen molar-refractivity contribution in [1.29, 1.82) is 0 Å². The van der Waals surface area contributed by atoms with Crippen LogP contribution in [0.3, 0.4) is 0 Å². The predicted octanol–water partition coefficient (Wildman–Crippen LogP) is 3.56. The average molecular weight is 310 g/mol. The Labute approximate surface area is 129 Å². The van der Waals surface area contributed by atoms with Gasteiger partial charge in [-0.25, -0.2) is 0 Å². The van der Waals surface area contributed by atoms with Crippen molar-refractivity contribution in [2.24, 2.45) is 0 Å². The van der Waals surface area contributed by atoms with Crippen molar-refractivity contribution in [3.8, 4) is 0 Å². The number of nitrogens with one attached hydrogen (secondary N) is 1. The number of rotatable bonds is 4. The molecule has 0 heterocycles. The van der Waals surface area contributed by atoms with Gasteiger partial charge in [-0.15, -0.1) is 0 Å². The maximum absolute atomic E-state index is 12.5. The summed E-state index contributed by atoms with van der Waals surface area (Å²) in [5.74, 6) is -1.11. The second kappa shape index (κ2) is 6.48. The number of carboxylic acids is 1. The minimum atomic E-state index is -0.875. The van der Waals surface area contributed by atoms with Crippen molar-refractivity contribution in [3.05, 3.63) is 34.3 Å². The van der Waals surface area contributed by atoms with Crippen LogP contribution in [0.2, 0.25) is 5.02 Å². The van der Waals surface area contributed by atoms with Crippen molar-refractivity contribution < 1.29 is 14.7 Å². The molecule has 1 aliphatic carbocycles. The Hall–Kier alpha value is -1.55. The first-order chi connectivity index (χ1) is 9.92. The van der Waals surface area contributed by atoms with Crippen LogP contribution >= 0.6 is 11.6 Å². The number of carboxylic acid groups (broad SMARTS) is 1. The van der Waals surface area contributed by atoms with Gasteiger partial charge >= 0.3 is 5.97 Å². The van der Waals surface area contributed by atoms with Crippen LogP contribution < -0.4 is 5.32 Å². The molecule has 1 aromatic carbocycles. The zero-order valence-corrected chi connectivity index (χ0v) is 12.9. The van der Waals surface area contributed by atoms with Crippen LogP contribution in [0.5, 0.6) is 0 Å². The van der Waals surface area contributed by atoms with Gasteiger partial charge in [0.15, 0.2) is 0 Å². The fourth-order valence-corrected chi connectivity index (χ4v) is 3.18. The lowest BCUT2D eigenvalue weighted by atomic mass is 9.79. The Kier molecular flexibility index (Phi) is 4.88. The molecule has 0 bridgehead atoms. The highest BCUT2D eigenvalue weighted by atomic mass is 35.5. The van der Waals surface area contributed by atoms with Crippen LogP contribution in [0.4, 0.5) is 0 Å². The Balaban J connectivity index is 2.21. The van der Waals surface area contributed by atoms with Crippen molar-refractivity contribution in [1.82, 2.24) is 5.32 Å². The highest BCUT2D eigenvalue weighted by Gasteiger charge is 2.36. The van der Waals surface area contributed by atoms with E-state index in [0.29, 0.717) is 23.4 Å². The summed E-state index contributed by atoms with van der Waals surface area (Å²) < 4.78 is 0. The molecule has 1 aromatic rings. The van der Waals surface area contributed by atoms with Gasteiger partial charge in [0.05, 0.1) is 12.0 Å². The molecule has 0 spiro atoms. The van der Waals surface area contributed by atoms with E-state index in [1.165, 1.54) is 0 Å². The van der Waals surface area contributed by atoms with E-state index in [-0.39, 0.29) is 12.3 Å². The molecule has 5 heteroatoms. The van der Waals surface area contributed by atoms with E-state index >= 15 is 0 Å². The zero-order chi connectivity index (χ0) is 15.5. The second-order valence-electron chi connectivity index (χ2n) is 5.82. The summed E-state index contributed by atoms with van der Waals surface area (Å²) in [6.45, 7) is 1.84. The largest absolute Gasteiger partial charge is 0.481 e. The Bertz CT molecular complexity index is 550. The molecule has 1 fully saturated rings. The van der Waals surface area contributed by atoms with Crippen LogP contribution in [0.25, 0.3) is 0 Å². The maximum atomic E-state index is 12.5. The lowest BCUT2D eigenvalue weighted by molar-refractivity contribution is -0.139. The fraction of sp³-hybridized carbons (Fsp3) is 0.500. The zero-order valence-electron chi connectivity index (χ0n) is 12.1. The lowest BCUT2D eigenvalue weighted by Gasteiger charge is -2.37. The summed E-state index contributed by atoms with van der Waals surface area (Å²) in [7, 11) is 0. The lowest BCUT2D eigenvalue weighted by Crippen LogP contribution is -2.51. The van der Waals surface area contributed by atoms with Gasteiger partial charge in [-0.1, -0.05) is 36.9 Å². The minimum absolute atomic E-state index is 0.0294. The molecule has 21 heavy (non-hydrogen) atoms. The molecule has 0 aliphatic heterocycles. The van der Waals surface area contributed by atoms with Gasteiger partial charge in [-0.3, -0.25) is 9.59 Å². The average Bonchev–Trinajstić information content (AvgIpc) is 2.41. The third kappa shape index (κ3) is 3.97. The van der Waals surface area contributed by atoms with Crippen molar-refractivity contribution in [3.63, 3.8) is 0 Å². The van der Waals surface area contributed by atoms with E-state index in [2.05, 4.69) is 5.32 Å². The normalized spacial score (nSPS) is 17.2. The highest BCUT2D eigenvalue weighted by Crippen LogP contribution is 2.31. The number of aliphatic carboxylic acids is 1. The first-order valence-electron chi connectivity index (χ1n) is 7.22. The van der Waals surface area contributed by atoms with E-state index in [9.17, 15) is 9.59 Å². The molecule has 1 aliphatic rings. The van der Waals surface area contributed by atoms with Gasteiger partial charge < -0.3 is 10.4 Å². The van der Waals surface area contributed by atoms with Gasteiger partial charge in [0.1, 0.15) is 0 Å². The summed E-state index contributed by atoms with van der Waals surface area (Å²) in [6.07, 6.45) is 4.38. The van der Waals surface area contributed by atoms with Gasteiger partial charge in [-0.2, -0.15) is 0 Å². The van der Waals surface area contributed by atoms with E-state index in [0.717, 1.165) is 24.8 Å². The molecule has 2 N–H and O–H groups in total. The topological polar surface area (TPSA) is 66.4 Å². The van der Waals surface area contributed by atoms with Crippen molar-refractivity contribution >= 4 is 23.5 Å². The first kappa shape index (κ1) is 15.8. The van der Waals surface area contributed by atoms with Gasteiger partial charge in [0, 0.05) is 10.6 Å². The van der Waals surface area contributed by atoms with E-state index in [1.807, 2.05) is 6.92 Å². The Morgan fingerprint density at radius 2 is 1.95 bits per heavy atom. The standard InChI is InChI=1S/C16H20ClNO3/c1-11-5-6-12(17)9-13(11)15(21)18-16(10-14(19)20)7-3-2-4-8-16/h5-6,9H,2-4,7-8,10H2,1H3,(H,18,21)(H,19,20). The van der Waals surface area contributed by atoms with E-state index in [4.69, 9.17) is 16.7 Å². The number of hydrogen-bond donors (Lipinski definition) is 2. The van der Waals surface area contributed by atoms with Crippen molar-refractivity contribution in [2.45, 2.75) is 51.0 Å². The van der Waals surface area contributed by atoms with Crippen LogP contribution in [0.1, 0.15) is 54.4 Å². The second-order valence-corrected chi connectivity index (χ2v) is 6.26. The molecule has 1 saturated carbocycles. The molecule has 0 radical (unpaired) electrons. The molecule has 0 aromatic heterocycles. The maximum Gasteiger partial charge on any atom is 0.305 e.